The van der Waals surface area contributed by atoms with Crippen LogP contribution in [0.25, 0.3) is 11.4 Å². The molecule has 21 heavy (non-hydrogen) atoms. The third-order valence-corrected chi connectivity index (χ3v) is 3.11. The summed E-state index contributed by atoms with van der Waals surface area (Å²) in [4.78, 5) is 4.22. The molecule has 106 valence electrons. The molecule has 0 aliphatic heterocycles. The molecular weight excluding hydrogens is 264 g/mol. The lowest BCUT2D eigenvalue weighted by molar-refractivity contribution is 0.306. The molecule has 0 amide bonds. The fraction of sp³-hybridized carbons (Fsp3) is 0.176. The summed E-state index contributed by atoms with van der Waals surface area (Å²) in [7, 11) is 0. The van der Waals surface area contributed by atoms with Gasteiger partial charge in [-0.1, -0.05) is 47.1 Å². The van der Waals surface area contributed by atoms with Crippen molar-refractivity contribution in [1.29, 1.82) is 0 Å². The van der Waals surface area contributed by atoms with Crippen LogP contribution < -0.4 is 4.74 Å². The molecule has 3 rings (SSSR count). The van der Waals surface area contributed by atoms with Crippen LogP contribution in [0.4, 0.5) is 0 Å². The first kappa shape index (κ1) is 13.4. The molecule has 0 bridgehead atoms. The third-order valence-electron chi connectivity index (χ3n) is 3.11. The fourth-order valence-corrected chi connectivity index (χ4v) is 2.11. The van der Waals surface area contributed by atoms with Crippen LogP contribution >= 0.6 is 0 Å². The lowest BCUT2D eigenvalue weighted by Crippen LogP contribution is -1.96. The van der Waals surface area contributed by atoms with Crippen LogP contribution in [0.2, 0.25) is 0 Å². The summed E-state index contributed by atoms with van der Waals surface area (Å²) in [5, 5.41) is 3.92. The molecule has 0 aliphatic carbocycles. The van der Waals surface area contributed by atoms with Crippen LogP contribution in [-0.2, 0) is 6.61 Å². The molecule has 1 aromatic heterocycles. The second-order valence-electron chi connectivity index (χ2n) is 4.94. The highest BCUT2D eigenvalue weighted by Crippen LogP contribution is 2.22. The van der Waals surface area contributed by atoms with E-state index in [2.05, 4.69) is 35.3 Å². The number of nitrogens with zero attached hydrogens (tertiary/aromatic N) is 2. The number of hydrogen-bond acceptors (Lipinski definition) is 4. The van der Waals surface area contributed by atoms with E-state index >= 15 is 0 Å². The molecule has 0 saturated heterocycles. The smallest absolute Gasteiger partial charge is 0.223 e. The standard InChI is InChI=1S/C17H16N2O2/c1-12-5-3-6-14(9-12)11-20-16-8-4-7-15(10-16)17-18-13(2)21-19-17/h3-10H,11H2,1-2H3. The number of ether oxygens (including phenoxy) is 1. The molecule has 0 aliphatic rings. The summed E-state index contributed by atoms with van der Waals surface area (Å²) in [6.07, 6.45) is 0. The Hall–Kier alpha value is -2.62. The molecular formula is C17H16N2O2. The summed E-state index contributed by atoms with van der Waals surface area (Å²) >= 11 is 0. The molecule has 0 N–H and O–H groups in total. The van der Waals surface area contributed by atoms with E-state index in [0.29, 0.717) is 18.3 Å². The van der Waals surface area contributed by atoms with Crippen molar-refractivity contribution in [3.05, 3.63) is 65.5 Å². The van der Waals surface area contributed by atoms with Gasteiger partial charge in [0.15, 0.2) is 0 Å². The zero-order valence-electron chi connectivity index (χ0n) is 12.0. The minimum atomic E-state index is 0.538. The Bertz CT molecular complexity index is 750. The van der Waals surface area contributed by atoms with Crippen molar-refractivity contribution in [3.63, 3.8) is 0 Å². The fourth-order valence-electron chi connectivity index (χ4n) is 2.11. The van der Waals surface area contributed by atoms with Gasteiger partial charge in [0.2, 0.25) is 11.7 Å². The highest BCUT2D eigenvalue weighted by atomic mass is 16.5. The number of aryl methyl sites for hydroxylation is 2. The second kappa shape index (κ2) is 5.79. The van der Waals surface area contributed by atoms with E-state index in [0.717, 1.165) is 16.9 Å². The average Bonchev–Trinajstić information content (AvgIpc) is 2.92. The number of benzene rings is 2. The third kappa shape index (κ3) is 3.28. The maximum atomic E-state index is 5.83. The number of hydrogen-bond donors (Lipinski definition) is 0. The van der Waals surface area contributed by atoms with Crippen molar-refractivity contribution in [2.24, 2.45) is 0 Å². The lowest BCUT2D eigenvalue weighted by atomic mass is 10.1. The normalized spacial score (nSPS) is 10.6. The van der Waals surface area contributed by atoms with Crippen molar-refractivity contribution < 1.29 is 9.26 Å². The van der Waals surface area contributed by atoms with Crippen LogP contribution in [0.5, 0.6) is 5.75 Å². The predicted octanol–water partition coefficient (Wildman–Crippen LogP) is 3.93. The maximum absolute atomic E-state index is 5.83. The van der Waals surface area contributed by atoms with E-state index in [9.17, 15) is 0 Å². The Labute approximate surface area is 123 Å². The zero-order chi connectivity index (χ0) is 14.7. The van der Waals surface area contributed by atoms with E-state index in [1.807, 2.05) is 30.3 Å². The zero-order valence-corrected chi connectivity index (χ0v) is 12.0. The summed E-state index contributed by atoms with van der Waals surface area (Å²) in [6.45, 7) is 4.38. The van der Waals surface area contributed by atoms with Gasteiger partial charge in [-0.25, -0.2) is 0 Å². The molecule has 4 nitrogen and oxygen atoms in total. The van der Waals surface area contributed by atoms with Gasteiger partial charge in [0.1, 0.15) is 12.4 Å². The number of aromatic nitrogens is 2. The van der Waals surface area contributed by atoms with E-state index < -0.39 is 0 Å². The van der Waals surface area contributed by atoms with Gasteiger partial charge >= 0.3 is 0 Å². The molecule has 3 aromatic rings. The summed E-state index contributed by atoms with van der Waals surface area (Å²) in [5.41, 5.74) is 3.26. The Morgan fingerprint density at radius 3 is 2.67 bits per heavy atom. The minimum Gasteiger partial charge on any atom is -0.489 e. The van der Waals surface area contributed by atoms with Gasteiger partial charge in [0.05, 0.1) is 0 Å². The van der Waals surface area contributed by atoms with Gasteiger partial charge in [0, 0.05) is 12.5 Å². The predicted molar refractivity (Wildman–Crippen MR) is 80.0 cm³/mol. The van der Waals surface area contributed by atoms with Crippen molar-refractivity contribution >= 4 is 0 Å². The van der Waals surface area contributed by atoms with Crippen LogP contribution in [0.15, 0.2) is 53.1 Å². The van der Waals surface area contributed by atoms with Gasteiger partial charge in [-0.05, 0) is 24.6 Å². The summed E-state index contributed by atoms with van der Waals surface area (Å²) in [5.74, 6) is 1.92. The average molecular weight is 280 g/mol. The van der Waals surface area contributed by atoms with Crippen LogP contribution in [-0.4, -0.2) is 10.1 Å². The van der Waals surface area contributed by atoms with Crippen molar-refractivity contribution in [1.82, 2.24) is 10.1 Å². The monoisotopic (exact) mass is 280 g/mol. The summed E-state index contributed by atoms with van der Waals surface area (Å²) in [6, 6.07) is 16.0. The largest absolute Gasteiger partial charge is 0.489 e. The molecule has 0 spiro atoms. The van der Waals surface area contributed by atoms with E-state index in [-0.39, 0.29) is 0 Å². The Kier molecular flexibility index (Phi) is 3.69. The Morgan fingerprint density at radius 1 is 1.05 bits per heavy atom. The van der Waals surface area contributed by atoms with E-state index in [4.69, 9.17) is 9.26 Å². The van der Waals surface area contributed by atoms with Gasteiger partial charge in [-0.3, -0.25) is 0 Å². The van der Waals surface area contributed by atoms with E-state index in [1.54, 1.807) is 6.92 Å². The van der Waals surface area contributed by atoms with Crippen LogP contribution in [0.3, 0.4) is 0 Å². The van der Waals surface area contributed by atoms with Crippen molar-refractivity contribution in [3.8, 4) is 17.1 Å². The highest BCUT2D eigenvalue weighted by Gasteiger charge is 2.06. The van der Waals surface area contributed by atoms with Gasteiger partial charge in [0.25, 0.3) is 0 Å². The Balaban J connectivity index is 1.74. The highest BCUT2D eigenvalue weighted by molar-refractivity contribution is 5.56. The van der Waals surface area contributed by atoms with E-state index in [1.165, 1.54) is 5.56 Å². The first-order chi connectivity index (χ1) is 10.2. The molecule has 0 fully saturated rings. The molecule has 0 radical (unpaired) electrons. The topological polar surface area (TPSA) is 48.2 Å². The Morgan fingerprint density at radius 2 is 1.90 bits per heavy atom. The lowest BCUT2D eigenvalue weighted by Gasteiger charge is -2.07. The van der Waals surface area contributed by atoms with Crippen molar-refractivity contribution in [2.75, 3.05) is 0 Å². The minimum absolute atomic E-state index is 0.538. The summed E-state index contributed by atoms with van der Waals surface area (Å²) < 4.78 is 10.8. The van der Waals surface area contributed by atoms with Gasteiger partial charge in [-0.15, -0.1) is 0 Å². The second-order valence-corrected chi connectivity index (χ2v) is 4.94. The molecule has 0 saturated carbocycles. The van der Waals surface area contributed by atoms with Crippen molar-refractivity contribution in [2.45, 2.75) is 20.5 Å². The molecule has 0 unspecified atom stereocenters. The molecule has 1 heterocycles. The van der Waals surface area contributed by atoms with Gasteiger partial charge < -0.3 is 9.26 Å². The first-order valence-corrected chi connectivity index (χ1v) is 6.80. The van der Waals surface area contributed by atoms with Gasteiger partial charge in [-0.2, -0.15) is 4.98 Å². The maximum Gasteiger partial charge on any atom is 0.223 e. The van der Waals surface area contributed by atoms with Crippen LogP contribution in [0, 0.1) is 13.8 Å². The molecule has 4 heteroatoms. The quantitative estimate of drug-likeness (QED) is 0.726. The SMILES string of the molecule is Cc1cccc(COc2cccc(-c3noc(C)n3)c2)c1. The van der Waals surface area contributed by atoms with Crippen LogP contribution in [0.1, 0.15) is 17.0 Å². The molecule has 0 atom stereocenters. The molecule has 2 aromatic carbocycles. The first-order valence-electron chi connectivity index (χ1n) is 6.80. The number of rotatable bonds is 4.